The first-order valence-electron chi connectivity index (χ1n) is 9.09. The number of benzene rings is 2. The van der Waals surface area contributed by atoms with Crippen molar-refractivity contribution in [2.24, 2.45) is 0 Å². The molecule has 0 radical (unpaired) electrons. The van der Waals surface area contributed by atoms with Crippen molar-refractivity contribution in [1.29, 1.82) is 0 Å². The monoisotopic (exact) mass is 522 g/mol. The zero-order valence-electron chi connectivity index (χ0n) is 19.0. The van der Waals surface area contributed by atoms with E-state index < -0.39 is 15.2 Å². The summed E-state index contributed by atoms with van der Waals surface area (Å²) >= 11 is 0. The zero-order chi connectivity index (χ0) is 23.2. The van der Waals surface area contributed by atoms with Gasteiger partial charge >= 0.3 is 59.1 Å². The van der Waals surface area contributed by atoms with Gasteiger partial charge < -0.3 is 28.7 Å². The van der Waals surface area contributed by atoms with E-state index in [1.165, 1.54) is 0 Å². The number of rotatable bonds is 6. The van der Waals surface area contributed by atoms with E-state index in [2.05, 4.69) is 19.3 Å². The Kier molecular flexibility index (Phi) is 12.9. The largest absolute Gasteiger partial charge is 1.00 e. The van der Waals surface area contributed by atoms with Gasteiger partial charge in [0.05, 0.1) is 0 Å². The van der Waals surface area contributed by atoms with Crippen LogP contribution in [-0.4, -0.2) is 23.3 Å². The standard InChI is InChI=1S/2C10H10NO4P.2Na/c2*1-16(12,13)15-14-9-6-2-4-8-5-3-7-11-10(8)9;;/h2*2-7H,1H3,(H,12,13);;/q;;2*+1/p-2. The number of hydrogen-bond donors (Lipinski definition) is 0. The van der Waals surface area contributed by atoms with Crippen molar-refractivity contribution in [3.63, 3.8) is 0 Å². The van der Waals surface area contributed by atoms with Gasteiger partial charge in [0, 0.05) is 36.5 Å². The first-order chi connectivity index (χ1) is 15.1. The summed E-state index contributed by atoms with van der Waals surface area (Å²) in [6, 6.07) is 17.6. The summed E-state index contributed by atoms with van der Waals surface area (Å²) in [6.07, 6.45) is 3.19. The molecule has 4 rings (SSSR count). The number of nitrogens with zero attached hydrogens (tertiary/aromatic N) is 2. The third kappa shape index (κ3) is 10.0. The van der Waals surface area contributed by atoms with Crippen LogP contribution in [0.25, 0.3) is 21.8 Å². The van der Waals surface area contributed by atoms with E-state index in [-0.39, 0.29) is 70.6 Å². The van der Waals surface area contributed by atoms with Crippen molar-refractivity contribution in [3.05, 3.63) is 73.1 Å². The summed E-state index contributed by atoms with van der Waals surface area (Å²) < 4.78 is 30.2. The maximum Gasteiger partial charge on any atom is 1.00 e. The molecular formula is C20H18N2Na2O8P2. The van der Waals surface area contributed by atoms with Crippen LogP contribution in [0.4, 0.5) is 0 Å². The molecule has 2 heterocycles. The molecule has 0 saturated carbocycles. The fourth-order valence-corrected chi connectivity index (χ4v) is 2.93. The van der Waals surface area contributed by atoms with Crippen molar-refractivity contribution in [2.75, 3.05) is 13.3 Å². The van der Waals surface area contributed by atoms with E-state index in [0.29, 0.717) is 11.0 Å². The maximum absolute atomic E-state index is 10.8. The molecule has 2 aromatic heterocycles. The molecule has 2 atom stereocenters. The molecule has 0 saturated heterocycles. The number of pyridine rings is 2. The van der Waals surface area contributed by atoms with Crippen molar-refractivity contribution >= 4 is 37.0 Å². The van der Waals surface area contributed by atoms with Crippen molar-refractivity contribution in [2.45, 2.75) is 0 Å². The minimum Gasteiger partial charge on any atom is -0.776 e. The molecule has 10 nitrogen and oxygen atoms in total. The van der Waals surface area contributed by atoms with Crippen LogP contribution in [0, 0.1) is 0 Å². The first-order valence-corrected chi connectivity index (χ1v) is 13.1. The van der Waals surface area contributed by atoms with E-state index in [1.807, 2.05) is 24.3 Å². The van der Waals surface area contributed by atoms with Gasteiger partial charge in [-0.2, -0.15) is 0 Å². The predicted molar refractivity (Wildman–Crippen MR) is 114 cm³/mol. The Labute approximate surface area is 240 Å². The van der Waals surface area contributed by atoms with Crippen LogP contribution in [0.1, 0.15) is 0 Å². The average molecular weight is 522 g/mol. The van der Waals surface area contributed by atoms with Crippen LogP contribution in [0.15, 0.2) is 73.1 Å². The molecule has 0 amide bonds. The fourth-order valence-electron chi connectivity index (χ4n) is 2.50. The third-order valence-electron chi connectivity index (χ3n) is 3.72. The van der Waals surface area contributed by atoms with Gasteiger partial charge in [-0.1, -0.05) is 36.4 Å². The molecular weight excluding hydrogens is 504 g/mol. The van der Waals surface area contributed by atoms with Crippen molar-refractivity contribution in [1.82, 2.24) is 9.97 Å². The van der Waals surface area contributed by atoms with Gasteiger partial charge in [-0.05, 0) is 24.3 Å². The zero-order valence-corrected chi connectivity index (χ0v) is 24.8. The van der Waals surface area contributed by atoms with Gasteiger partial charge in [-0.3, -0.25) is 9.97 Å². The third-order valence-corrected chi connectivity index (χ3v) is 4.41. The van der Waals surface area contributed by atoms with Crippen molar-refractivity contribution < 1.29 is 97.2 Å². The minimum absolute atomic E-state index is 0. The van der Waals surface area contributed by atoms with Gasteiger partial charge in [0.15, 0.2) is 26.7 Å². The molecule has 0 aliphatic heterocycles. The summed E-state index contributed by atoms with van der Waals surface area (Å²) in [5.41, 5.74) is 1.11. The summed E-state index contributed by atoms with van der Waals surface area (Å²) in [5.74, 6) is 0.548. The molecule has 0 spiro atoms. The summed E-state index contributed by atoms with van der Waals surface area (Å²) in [6.45, 7) is 1.87. The van der Waals surface area contributed by atoms with Gasteiger partial charge in [-0.15, -0.1) is 9.35 Å². The van der Waals surface area contributed by atoms with E-state index in [4.69, 9.17) is 9.78 Å². The first kappa shape index (κ1) is 31.2. The normalized spacial score (nSPS) is 13.8. The Hall–Kier alpha value is -0.840. The Morgan fingerprint density at radius 2 is 1.00 bits per heavy atom. The van der Waals surface area contributed by atoms with Crippen LogP contribution < -0.4 is 78.7 Å². The minimum atomic E-state index is -3.91. The molecule has 2 unspecified atom stereocenters. The van der Waals surface area contributed by atoms with Gasteiger partial charge in [-0.25, -0.2) is 0 Å². The molecule has 0 fully saturated rings. The van der Waals surface area contributed by atoms with Crippen LogP contribution in [0.3, 0.4) is 0 Å². The number of aromatic nitrogens is 2. The van der Waals surface area contributed by atoms with Crippen molar-refractivity contribution in [3.8, 4) is 11.5 Å². The summed E-state index contributed by atoms with van der Waals surface area (Å²) in [7, 11) is -7.82. The fraction of sp³-hybridized carbons (Fsp3) is 0.100. The molecule has 168 valence electrons. The van der Waals surface area contributed by atoms with Crippen LogP contribution >= 0.6 is 15.2 Å². The molecule has 2 aromatic carbocycles. The van der Waals surface area contributed by atoms with E-state index in [1.54, 1.807) is 48.8 Å². The van der Waals surface area contributed by atoms with Gasteiger partial charge in [0.25, 0.3) is 0 Å². The summed E-state index contributed by atoms with van der Waals surface area (Å²) in [5, 5.41) is 1.70. The second-order valence-corrected chi connectivity index (χ2v) is 9.90. The van der Waals surface area contributed by atoms with Crippen LogP contribution in [0.5, 0.6) is 11.5 Å². The number of hydrogen-bond acceptors (Lipinski definition) is 10. The van der Waals surface area contributed by atoms with Gasteiger partial charge in [0.2, 0.25) is 0 Å². The predicted octanol–water partition coefficient (Wildman–Crippen LogP) is -2.54. The Morgan fingerprint density at radius 1 is 0.647 bits per heavy atom. The molecule has 0 bridgehead atoms. The Balaban J connectivity index is 0.000000321. The number of fused-ring (bicyclic) bond motifs is 2. The smallest absolute Gasteiger partial charge is 0.776 e. The second kappa shape index (κ2) is 14.0. The summed E-state index contributed by atoms with van der Waals surface area (Å²) in [4.78, 5) is 39.3. The molecule has 14 heteroatoms. The topological polar surface area (TPSA) is 143 Å². The number of para-hydroxylation sites is 2. The van der Waals surface area contributed by atoms with Crippen LogP contribution in [-0.2, 0) is 18.5 Å². The quantitative estimate of drug-likeness (QED) is 0.115. The SMILES string of the molecule is CP(=O)([O-])OOc1cccc2cccnc12.CP(=O)([O-])OOc1cccc2cccnc12.[Na+].[Na+]. The average Bonchev–Trinajstić information content (AvgIpc) is 2.75. The van der Waals surface area contributed by atoms with E-state index in [0.717, 1.165) is 24.1 Å². The Bertz CT molecular complexity index is 1200. The van der Waals surface area contributed by atoms with E-state index >= 15 is 0 Å². The second-order valence-electron chi connectivity index (χ2n) is 6.52. The molecule has 0 aliphatic rings. The molecule has 0 aliphatic carbocycles. The van der Waals surface area contributed by atoms with Crippen LogP contribution in [0.2, 0.25) is 0 Å². The van der Waals surface area contributed by atoms with E-state index in [9.17, 15) is 18.9 Å². The molecule has 4 aromatic rings. The molecule has 34 heavy (non-hydrogen) atoms. The van der Waals surface area contributed by atoms with Gasteiger partial charge in [0.1, 0.15) is 11.0 Å². The Morgan fingerprint density at radius 3 is 1.35 bits per heavy atom. The maximum atomic E-state index is 10.8. The molecule has 0 N–H and O–H groups in total.